The Balaban J connectivity index is 1.65. The van der Waals surface area contributed by atoms with Crippen molar-refractivity contribution < 1.29 is 0 Å². The zero-order valence-corrected chi connectivity index (χ0v) is 10.8. The summed E-state index contributed by atoms with van der Waals surface area (Å²) in [6.45, 7) is 0.991. The predicted molar refractivity (Wildman–Crippen MR) is 78.9 cm³/mol. The largest absolute Gasteiger partial charge is 0.399 e. The predicted octanol–water partition coefficient (Wildman–Crippen LogP) is 3.25. The Morgan fingerprint density at radius 3 is 2.63 bits per heavy atom. The smallest absolute Gasteiger partial charge is 0.0958 e. The molecule has 0 aliphatic heterocycles. The minimum absolute atomic E-state index is 0.823. The lowest BCUT2D eigenvalue weighted by atomic mass is 10.1. The quantitative estimate of drug-likeness (QED) is 0.723. The van der Waals surface area contributed by atoms with Gasteiger partial charge in [0.15, 0.2) is 0 Å². The highest BCUT2D eigenvalue weighted by molar-refractivity contribution is 5.74. The van der Waals surface area contributed by atoms with E-state index in [9.17, 15) is 0 Å². The summed E-state index contributed by atoms with van der Waals surface area (Å²) in [4.78, 5) is 4.40. The highest BCUT2D eigenvalue weighted by atomic mass is 15.0. The van der Waals surface area contributed by atoms with Gasteiger partial charge in [-0.15, -0.1) is 0 Å². The van der Waals surface area contributed by atoms with Crippen LogP contribution in [0.5, 0.6) is 0 Å². The van der Waals surface area contributed by atoms with Crippen LogP contribution in [0.25, 0.3) is 11.0 Å². The first-order chi connectivity index (χ1) is 9.33. The Hall–Kier alpha value is -2.29. The van der Waals surface area contributed by atoms with Crippen molar-refractivity contribution in [3.63, 3.8) is 0 Å². The Labute approximate surface area is 112 Å². The number of nitrogen functional groups attached to an aromatic ring is 1. The molecule has 0 saturated carbocycles. The lowest BCUT2D eigenvalue weighted by molar-refractivity contribution is 0.657. The van der Waals surface area contributed by atoms with E-state index in [0.29, 0.717) is 0 Å². The Kier molecular flexibility index (Phi) is 3.19. The number of nitrogens with zero attached hydrogens (tertiary/aromatic N) is 2. The molecule has 3 rings (SSSR count). The molecule has 2 N–H and O–H groups in total. The van der Waals surface area contributed by atoms with Crippen LogP contribution in [-0.4, -0.2) is 9.55 Å². The Morgan fingerprint density at radius 2 is 1.79 bits per heavy atom. The minimum atomic E-state index is 0.823. The normalized spacial score (nSPS) is 10.9. The van der Waals surface area contributed by atoms with Crippen LogP contribution in [0.4, 0.5) is 5.69 Å². The van der Waals surface area contributed by atoms with E-state index in [1.165, 1.54) is 11.1 Å². The van der Waals surface area contributed by atoms with E-state index < -0.39 is 0 Å². The molecule has 3 nitrogen and oxygen atoms in total. The molecule has 19 heavy (non-hydrogen) atoms. The summed E-state index contributed by atoms with van der Waals surface area (Å²) in [5.74, 6) is 0. The van der Waals surface area contributed by atoms with E-state index in [1.54, 1.807) is 0 Å². The van der Waals surface area contributed by atoms with Crippen LogP contribution < -0.4 is 5.73 Å². The number of aromatic nitrogens is 2. The maximum absolute atomic E-state index is 5.68. The fourth-order valence-electron chi connectivity index (χ4n) is 2.33. The van der Waals surface area contributed by atoms with Gasteiger partial charge in [0, 0.05) is 12.2 Å². The summed E-state index contributed by atoms with van der Waals surface area (Å²) in [5.41, 5.74) is 10.1. The molecule has 0 radical (unpaired) electrons. The van der Waals surface area contributed by atoms with Gasteiger partial charge < -0.3 is 10.3 Å². The van der Waals surface area contributed by atoms with Gasteiger partial charge in [-0.05, 0) is 42.7 Å². The van der Waals surface area contributed by atoms with Crippen molar-refractivity contribution in [2.45, 2.75) is 19.4 Å². The van der Waals surface area contributed by atoms with Crippen LogP contribution in [0, 0.1) is 0 Å². The Morgan fingerprint density at radius 1 is 1.00 bits per heavy atom. The lowest BCUT2D eigenvalue weighted by Crippen LogP contribution is -1.98. The molecule has 0 spiro atoms. The summed E-state index contributed by atoms with van der Waals surface area (Å²) in [6.07, 6.45) is 4.09. The monoisotopic (exact) mass is 251 g/mol. The fourth-order valence-corrected chi connectivity index (χ4v) is 2.33. The first-order valence-electron chi connectivity index (χ1n) is 6.57. The summed E-state index contributed by atoms with van der Waals surface area (Å²) >= 11 is 0. The SMILES string of the molecule is Nc1ccc(CCCn2cnc3ccccc32)cc1. The highest BCUT2D eigenvalue weighted by Gasteiger charge is 2.01. The second kappa shape index (κ2) is 5.14. The second-order valence-electron chi connectivity index (χ2n) is 4.77. The number of nitrogens with two attached hydrogens (primary N) is 1. The zero-order valence-electron chi connectivity index (χ0n) is 10.8. The second-order valence-corrected chi connectivity index (χ2v) is 4.77. The average molecular weight is 251 g/mol. The fraction of sp³-hybridized carbons (Fsp3) is 0.188. The summed E-state index contributed by atoms with van der Waals surface area (Å²) in [7, 11) is 0. The van der Waals surface area contributed by atoms with Crippen molar-refractivity contribution >= 4 is 16.7 Å². The average Bonchev–Trinajstić information content (AvgIpc) is 2.85. The molecule has 0 aliphatic rings. The van der Waals surface area contributed by atoms with Gasteiger partial charge in [0.05, 0.1) is 17.4 Å². The number of para-hydroxylation sites is 2. The number of fused-ring (bicyclic) bond motifs is 1. The maximum atomic E-state index is 5.68. The zero-order chi connectivity index (χ0) is 13.1. The molecule has 1 heterocycles. The summed E-state index contributed by atoms with van der Waals surface area (Å²) in [5, 5.41) is 0. The van der Waals surface area contributed by atoms with E-state index in [-0.39, 0.29) is 0 Å². The van der Waals surface area contributed by atoms with Crippen molar-refractivity contribution in [1.82, 2.24) is 9.55 Å². The Bertz CT molecular complexity index is 668. The van der Waals surface area contributed by atoms with Gasteiger partial charge in [0.2, 0.25) is 0 Å². The third-order valence-corrected chi connectivity index (χ3v) is 3.37. The van der Waals surface area contributed by atoms with Crippen LogP contribution in [0.15, 0.2) is 54.9 Å². The van der Waals surface area contributed by atoms with Gasteiger partial charge in [0.25, 0.3) is 0 Å². The van der Waals surface area contributed by atoms with E-state index in [1.807, 2.05) is 30.6 Å². The number of hydrogen-bond acceptors (Lipinski definition) is 2. The number of anilines is 1. The van der Waals surface area contributed by atoms with Gasteiger partial charge in [-0.25, -0.2) is 4.98 Å². The van der Waals surface area contributed by atoms with Gasteiger partial charge in [0.1, 0.15) is 0 Å². The third kappa shape index (κ3) is 2.60. The number of aryl methyl sites for hydroxylation is 2. The van der Waals surface area contributed by atoms with Gasteiger partial charge >= 0.3 is 0 Å². The molecule has 0 aliphatic carbocycles. The first-order valence-corrected chi connectivity index (χ1v) is 6.57. The minimum Gasteiger partial charge on any atom is -0.399 e. The number of imidazole rings is 1. The molecule has 0 amide bonds. The van der Waals surface area contributed by atoms with E-state index in [4.69, 9.17) is 5.73 Å². The standard InChI is InChI=1S/C16H17N3/c17-14-9-7-13(8-10-14)4-3-11-19-12-18-15-5-1-2-6-16(15)19/h1-2,5-10,12H,3-4,11,17H2. The molecule has 0 fully saturated rings. The van der Waals surface area contributed by atoms with Crippen LogP contribution in [0.2, 0.25) is 0 Å². The van der Waals surface area contributed by atoms with E-state index >= 15 is 0 Å². The molecule has 0 unspecified atom stereocenters. The summed E-state index contributed by atoms with van der Waals surface area (Å²) < 4.78 is 2.21. The van der Waals surface area contributed by atoms with Crippen LogP contribution >= 0.6 is 0 Å². The highest BCUT2D eigenvalue weighted by Crippen LogP contribution is 2.13. The molecular formula is C16H17N3. The van der Waals surface area contributed by atoms with Crippen molar-refractivity contribution in [3.05, 3.63) is 60.4 Å². The molecule has 0 bridgehead atoms. The van der Waals surface area contributed by atoms with Crippen LogP contribution in [0.1, 0.15) is 12.0 Å². The van der Waals surface area contributed by atoms with Gasteiger partial charge in [-0.3, -0.25) is 0 Å². The summed E-state index contributed by atoms with van der Waals surface area (Å²) in [6, 6.07) is 16.4. The van der Waals surface area contributed by atoms with Gasteiger partial charge in [-0.1, -0.05) is 24.3 Å². The topological polar surface area (TPSA) is 43.8 Å². The van der Waals surface area contributed by atoms with E-state index in [0.717, 1.165) is 30.6 Å². The van der Waals surface area contributed by atoms with E-state index in [2.05, 4.69) is 33.8 Å². The number of benzene rings is 2. The van der Waals surface area contributed by atoms with Gasteiger partial charge in [-0.2, -0.15) is 0 Å². The number of rotatable bonds is 4. The third-order valence-electron chi connectivity index (χ3n) is 3.37. The van der Waals surface area contributed by atoms with Crippen molar-refractivity contribution in [2.24, 2.45) is 0 Å². The molecule has 2 aromatic carbocycles. The van der Waals surface area contributed by atoms with Crippen molar-refractivity contribution in [1.29, 1.82) is 0 Å². The maximum Gasteiger partial charge on any atom is 0.0958 e. The molecule has 1 aromatic heterocycles. The first kappa shape index (κ1) is 11.8. The van der Waals surface area contributed by atoms with Crippen molar-refractivity contribution in [2.75, 3.05) is 5.73 Å². The lowest BCUT2D eigenvalue weighted by Gasteiger charge is -2.05. The molecular weight excluding hydrogens is 234 g/mol. The molecule has 0 saturated heterocycles. The molecule has 96 valence electrons. The molecule has 3 aromatic rings. The van der Waals surface area contributed by atoms with Crippen LogP contribution in [-0.2, 0) is 13.0 Å². The molecule has 0 atom stereocenters. The number of hydrogen-bond donors (Lipinski definition) is 1. The molecule has 3 heteroatoms. The van der Waals surface area contributed by atoms with Crippen LogP contribution in [0.3, 0.4) is 0 Å². The van der Waals surface area contributed by atoms with Crippen molar-refractivity contribution in [3.8, 4) is 0 Å².